The Kier molecular flexibility index (Phi) is 3.66. The molecule has 0 aliphatic carbocycles. The number of aryl methyl sites for hydroxylation is 1. The Bertz CT molecular complexity index is 796. The second kappa shape index (κ2) is 5.41. The number of carbonyl (C=O) groups excluding carboxylic acids is 1. The first-order chi connectivity index (χ1) is 10.8. The highest BCUT2D eigenvalue weighted by Crippen LogP contribution is 2.34. The monoisotopic (exact) mass is 314 g/mol. The molecule has 1 unspecified atom stereocenters. The van der Waals surface area contributed by atoms with Crippen LogP contribution in [0, 0.1) is 6.92 Å². The van der Waals surface area contributed by atoms with Gasteiger partial charge in [-0.15, -0.1) is 0 Å². The fourth-order valence-electron chi connectivity index (χ4n) is 3.65. The Morgan fingerprint density at radius 3 is 2.57 bits per heavy atom. The normalized spacial score (nSPS) is 16.8. The van der Waals surface area contributed by atoms with Crippen molar-refractivity contribution < 1.29 is 14.7 Å². The topological polar surface area (TPSA) is 64.2 Å². The highest BCUT2D eigenvalue weighted by Gasteiger charge is 2.33. The predicted molar refractivity (Wildman–Crippen MR) is 87.1 cm³/mol. The molecule has 1 aliphatic rings. The molecule has 3 rings (SSSR count). The van der Waals surface area contributed by atoms with E-state index in [1.807, 2.05) is 41.3 Å². The standard InChI is InChI=1S/C18H22N2O3/c1-10(2)13-5-6-14(19(13)4)17(21)16-11(3)9-15-12(18(22)23)7-8-20(15)16/h5-6,9-10,12H,7-8H2,1-4H3,(H,22,23). The molecule has 0 radical (unpaired) electrons. The lowest BCUT2D eigenvalue weighted by Crippen LogP contribution is -2.15. The molecule has 23 heavy (non-hydrogen) atoms. The first-order valence-electron chi connectivity index (χ1n) is 7.96. The van der Waals surface area contributed by atoms with Gasteiger partial charge >= 0.3 is 5.97 Å². The molecule has 2 aromatic heterocycles. The Morgan fingerprint density at radius 1 is 1.30 bits per heavy atom. The Morgan fingerprint density at radius 2 is 2.00 bits per heavy atom. The molecule has 0 fully saturated rings. The molecule has 0 bridgehead atoms. The summed E-state index contributed by atoms with van der Waals surface area (Å²) in [5, 5.41) is 9.32. The van der Waals surface area contributed by atoms with Crippen LogP contribution in [0.25, 0.3) is 0 Å². The minimum absolute atomic E-state index is 0.0332. The van der Waals surface area contributed by atoms with Gasteiger partial charge < -0.3 is 14.2 Å². The summed E-state index contributed by atoms with van der Waals surface area (Å²) in [6, 6.07) is 5.70. The average Bonchev–Trinajstić information content (AvgIpc) is 3.10. The number of carboxylic acid groups (broad SMARTS) is 1. The number of carbonyl (C=O) groups is 2. The van der Waals surface area contributed by atoms with E-state index >= 15 is 0 Å². The number of rotatable bonds is 4. The quantitative estimate of drug-likeness (QED) is 0.882. The SMILES string of the molecule is Cc1cc2n(c1C(=O)c1ccc(C(C)C)n1C)CCC2C(=O)O. The van der Waals surface area contributed by atoms with Crippen LogP contribution >= 0.6 is 0 Å². The van der Waals surface area contributed by atoms with Crippen LogP contribution in [0.4, 0.5) is 0 Å². The van der Waals surface area contributed by atoms with Gasteiger partial charge in [-0.3, -0.25) is 9.59 Å². The van der Waals surface area contributed by atoms with Crippen molar-refractivity contribution >= 4 is 11.8 Å². The molecule has 2 aromatic rings. The molecule has 1 aliphatic heterocycles. The highest BCUT2D eigenvalue weighted by molar-refractivity contribution is 6.08. The summed E-state index contributed by atoms with van der Waals surface area (Å²) in [5.41, 5.74) is 3.99. The molecule has 0 saturated heterocycles. The third kappa shape index (κ3) is 2.31. The van der Waals surface area contributed by atoms with Gasteiger partial charge in [0.2, 0.25) is 5.78 Å². The second-order valence-electron chi connectivity index (χ2n) is 6.62. The molecule has 1 N–H and O–H groups in total. The summed E-state index contributed by atoms with van der Waals surface area (Å²) in [6.07, 6.45) is 0.551. The Balaban J connectivity index is 2.05. The molecule has 122 valence electrons. The van der Waals surface area contributed by atoms with Gasteiger partial charge in [-0.25, -0.2) is 0 Å². The first kappa shape index (κ1) is 15.6. The third-order valence-electron chi connectivity index (χ3n) is 4.82. The number of fused-ring (bicyclic) bond motifs is 1. The third-order valence-corrected chi connectivity index (χ3v) is 4.82. The van der Waals surface area contributed by atoms with E-state index in [2.05, 4.69) is 13.8 Å². The second-order valence-corrected chi connectivity index (χ2v) is 6.62. The van der Waals surface area contributed by atoms with Crippen molar-refractivity contribution in [3.63, 3.8) is 0 Å². The molecule has 1 atom stereocenters. The zero-order valence-electron chi connectivity index (χ0n) is 14.0. The van der Waals surface area contributed by atoms with E-state index in [1.165, 1.54) is 0 Å². The Labute approximate surface area is 135 Å². The number of ketones is 1. The lowest BCUT2D eigenvalue weighted by molar-refractivity contribution is -0.138. The fraction of sp³-hybridized carbons (Fsp3) is 0.444. The largest absolute Gasteiger partial charge is 0.481 e. The van der Waals surface area contributed by atoms with Crippen molar-refractivity contribution in [2.75, 3.05) is 0 Å². The smallest absolute Gasteiger partial charge is 0.312 e. The molecule has 0 amide bonds. The van der Waals surface area contributed by atoms with E-state index in [-0.39, 0.29) is 5.78 Å². The van der Waals surface area contributed by atoms with Crippen LogP contribution in [0.5, 0.6) is 0 Å². The molecule has 0 aromatic carbocycles. The number of hydrogen-bond acceptors (Lipinski definition) is 2. The predicted octanol–water partition coefficient (Wildman–Crippen LogP) is 3.06. The van der Waals surface area contributed by atoms with Crippen molar-refractivity contribution in [1.82, 2.24) is 9.13 Å². The van der Waals surface area contributed by atoms with Crippen molar-refractivity contribution in [1.29, 1.82) is 0 Å². The number of carboxylic acids is 1. The van der Waals surface area contributed by atoms with Gasteiger partial charge in [0.1, 0.15) is 0 Å². The van der Waals surface area contributed by atoms with E-state index in [4.69, 9.17) is 0 Å². The average molecular weight is 314 g/mol. The van der Waals surface area contributed by atoms with Crippen molar-refractivity contribution in [2.45, 2.75) is 45.6 Å². The first-order valence-corrected chi connectivity index (χ1v) is 7.96. The van der Waals surface area contributed by atoms with Crippen LogP contribution in [-0.2, 0) is 18.4 Å². The molecule has 3 heterocycles. The van der Waals surface area contributed by atoms with Gasteiger partial charge in [-0.1, -0.05) is 13.8 Å². The van der Waals surface area contributed by atoms with Crippen LogP contribution < -0.4 is 0 Å². The lowest BCUT2D eigenvalue weighted by Gasteiger charge is -2.11. The van der Waals surface area contributed by atoms with E-state index in [1.54, 1.807) is 0 Å². The summed E-state index contributed by atoms with van der Waals surface area (Å²) in [6.45, 7) is 6.66. The number of hydrogen-bond donors (Lipinski definition) is 1. The summed E-state index contributed by atoms with van der Waals surface area (Å²) in [4.78, 5) is 24.4. The van der Waals surface area contributed by atoms with Gasteiger partial charge in [-0.05, 0) is 43.0 Å². The maximum atomic E-state index is 13.0. The molecule has 5 nitrogen and oxygen atoms in total. The zero-order chi connectivity index (χ0) is 16.9. The molecule has 0 spiro atoms. The van der Waals surface area contributed by atoms with E-state index in [0.717, 1.165) is 17.0 Å². The van der Waals surface area contributed by atoms with Crippen LogP contribution in [0.1, 0.15) is 65.2 Å². The van der Waals surface area contributed by atoms with Gasteiger partial charge in [0.15, 0.2) is 0 Å². The molecular weight excluding hydrogens is 292 g/mol. The number of aliphatic carboxylic acids is 1. The van der Waals surface area contributed by atoms with Crippen LogP contribution in [0.15, 0.2) is 18.2 Å². The van der Waals surface area contributed by atoms with Crippen molar-refractivity contribution in [2.24, 2.45) is 7.05 Å². The molecule has 0 saturated carbocycles. The maximum absolute atomic E-state index is 13.0. The molecule has 5 heteroatoms. The summed E-state index contributed by atoms with van der Waals surface area (Å²) in [5.74, 6) is -1.01. The summed E-state index contributed by atoms with van der Waals surface area (Å²) < 4.78 is 3.83. The van der Waals surface area contributed by atoms with E-state index < -0.39 is 11.9 Å². The minimum Gasteiger partial charge on any atom is -0.481 e. The van der Waals surface area contributed by atoms with Crippen molar-refractivity contribution in [3.05, 3.63) is 46.5 Å². The van der Waals surface area contributed by atoms with Gasteiger partial charge in [0.25, 0.3) is 0 Å². The van der Waals surface area contributed by atoms with E-state index in [9.17, 15) is 14.7 Å². The van der Waals surface area contributed by atoms with Gasteiger partial charge in [0.05, 0.1) is 17.3 Å². The Hall–Kier alpha value is -2.30. The number of nitrogens with zero attached hydrogens (tertiary/aromatic N) is 2. The number of aromatic nitrogens is 2. The maximum Gasteiger partial charge on any atom is 0.312 e. The van der Waals surface area contributed by atoms with Crippen molar-refractivity contribution in [3.8, 4) is 0 Å². The van der Waals surface area contributed by atoms with E-state index in [0.29, 0.717) is 30.3 Å². The van der Waals surface area contributed by atoms with Crippen LogP contribution in [-0.4, -0.2) is 26.0 Å². The minimum atomic E-state index is -0.818. The van der Waals surface area contributed by atoms with Gasteiger partial charge in [0, 0.05) is 25.0 Å². The highest BCUT2D eigenvalue weighted by atomic mass is 16.4. The van der Waals surface area contributed by atoms with Crippen LogP contribution in [0.3, 0.4) is 0 Å². The lowest BCUT2D eigenvalue weighted by atomic mass is 10.0. The summed E-state index contributed by atoms with van der Waals surface area (Å²) >= 11 is 0. The van der Waals surface area contributed by atoms with Gasteiger partial charge in [-0.2, -0.15) is 0 Å². The zero-order valence-corrected chi connectivity index (χ0v) is 14.0. The van der Waals surface area contributed by atoms with Crippen LogP contribution in [0.2, 0.25) is 0 Å². The summed E-state index contributed by atoms with van der Waals surface area (Å²) in [7, 11) is 1.91. The molecular formula is C18H22N2O3. The fourth-order valence-corrected chi connectivity index (χ4v) is 3.65.